The van der Waals surface area contributed by atoms with E-state index in [2.05, 4.69) is 27.5 Å². The Bertz CT molecular complexity index is 707. The molecule has 3 aromatic rings. The maximum Gasteiger partial charge on any atom is 0.163 e. The first-order chi connectivity index (χ1) is 8.88. The Morgan fingerprint density at radius 1 is 1.17 bits per heavy atom. The predicted octanol–water partition coefficient (Wildman–Crippen LogP) is 3.07. The normalized spacial score (nSPS) is 10.2. The largest absolute Gasteiger partial charge is 0.247 e. The highest BCUT2D eigenvalue weighted by atomic mass is 32.1. The highest BCUT2D eigenvalue weighted by Gasteiger charge is 2.10. The molecule has 86 valence electrons. The molecule has 0 aliphatic heterocycles. The molecule has 0 fully saturated rings. The van der Waals surface area contributed by atoms with E-state index in [9.17, 15) is 0 Å². The van der Waals surface area contributed by atoms with Crippen LogP contribution in [-0.2, 0) is 0 Å². The van der Waals surface area contributed by atoms with Crippen LogP contribution in [0.1, 0.15) is 5.69 Å². The second-order valence-electron chi connectivity index (χ2n) is 3.71. The lowest BCUT2D eigenvalue weighted by atomic mass is 10.1. The molecule has 0 aliphatic carbocycles. The third-order valence-electron chi connectivity index (χ3n) is 2.60. The summed E-state index contributed by atoms with van der Waals surface area (Å²) in [6.45, 7) is 0. The van der Waals surface area contributed by atoms with Gasteiger partial charge in [-0.15, -0.1) is 16.4 Å². The fourth-order valence-corrected chi connectivity index (χ4v) is 2.49. The zero-order chi connectivity index (χ0) is 12.4. The second kappa shape index (κ2) is 4.43. The van der Waals surface area contributed by atoms with E-state index in [1.54, 1.807) is 11.3 Å². The minimum Gasteiger partial charge on any atom is -0.247 e. The van der Waals surface area contributed by atoms with Crippen LogP contribution in [0, 0.1) is 11.3 Å². The Morgan fingerprint density at radius 3 is 2.83 bits per heavy atom. The molecule has 0 atom stereocenters. The number of nitriles is 1. The Balaban J connectivity index is 2.10. The quantitative estimate of drug-likeness (QED) is 0.762. The molecule has 4 nitrogen and oxygen atoms in total. The van der Waals surface area contributed by atoms with Gasteiger partial charge in [-0.1, -0.05) is 29.5 Å². The van der Waals surface area contributed by atoms with Crippen LogP contribution in [0.5, 0.6) is 0 Å². The molecule has 2 heterocycles. The summed E-state index contributed by atoms with van der Waals surface area (Å²) in [5.41, 5.74) is 3.00. The number of aromatic amines is 1. The SMILES string of the molecule is N#Cc1[nH]nnc1-c1cccc(-c2cccs2)c1. The van der Waals surface area contributed by atoms with Gasteiger partial charge in [-0.2, -0.15) is 5.26 Å². The van der Waals surface area contributed by atoms with Gasteiger partial charge in [0, 0.05) is 10.4 Å². The van der Waals surface area contributed by atoms with Crippen molar-refractivity contribution in [2.45, 2.75) is 0 Å². The van der Waals surface area contributed by atoms with Gasteiger partial charge in [0.05, 0.1) is 0 Å². The predicted molar refractivity (Wildman–Crippen MR) is 69.8 cm³/mol. The van der Waals surface area contributed by atoms with Crippen molar-refractivity contribution >= 4 is 11.3 Å². The Morgan fingerprint density at radius 2 is 2.06 bits per heavy atom. The number of nitrogens with one attached hydrogen (secondary N) is 1. The smallest absolute Gasteiger partial charge is 0.163 e. The zero-order valence-corrected chi connectivity index (χ0v) is 10.1. The van der Waals surface area contributed by atoms with Gasteiger partial charge < -0.3 is 0 Å². The van der Waals surface area contributed by atoms with Crippen LogP contribution in [0.25, 0.3) is 21.7 Å². The second-order valence-corrected chi connectivity index (χ2v) is 4.65. The molecular formula is C13H8N4S. The lowest BCUT2D eigenvalue weighted by molar-refractivity contribution is 0.937. The standard InChI is InChI=1S/C13H8N4S/c14-8-11-13(16-17-15-11)10-4-1-3-9(7-10)12-5-2-6-18-12/h1-7H,(H,15,16,17). The highest BCUT2D eigenvalue weighted by molar-refractivity contribution is 7.13. The van der Waals surface area contributed by atoms with E-state index in [1.165, 1.54) is 4.88 Å². The third kappa shape index (κ3) is 1.79. The summed E-state index contributed by atoms with van der Waals surface area (Å²) >= 11 is 1.68. The molecule has 1 N–H and O–H groups in total. The fourth-order valence-electron chi connectivity index (χ4n) is 1.77. The lowest BCUT2D eigenvalue weighted by Crippen LogP contribution is -1.83. The first kappa shape index (κ1) is 10.7. The molecular weight excluding hydrogens is 244 g/mol. The van der Waals surface area contributed by atoms with Gasteiger partial charge in [0.25, 0.3) is 0 Å². The molecule has 0 saturated heterocycles. The number of thiophene rings is 1. The summed E-state index contributed by atoms with van der Waals surface area (Å²) in [4.78, 5) is 1.19. The van der Waals surface area contributed by atoms with E-state index in [4.69, 9.17) is 5.26 Å². The summed E-state index contributed by atoms with van der Waals surface area (Å²) in [5, 5.41) is 21.2. The van der Waals surface area contributed by atoms with Crippen molar-refractivity contribution in [2.75, 3.05) is 0 Å². The van der Waals surface area contributed by atoms with Crippen molar-refractivity contribution in [2.24, 2.45) is 0 Å². The van der Waals surface area contributed by atoms with Crippen molar-refractivity contribution in [3.05, 3.63) is 47.5 Å². The highest BCUT2D eigenvalue weighted by Crippen LogP contribution is 2.28. The number of nitrogens with zero attached hydrogens (tertiary/aromatic N) is 3. The Kier molecular flexibility index (Phi) is 2.63. The number of benzene rings is 1. The summed E-state index contributed by atoms with van der Waals surface area (Å²) in [6, 6.07) is 14.1. The lowest BCUT2D eigenvalue weighted by Gasteiger charge is -2.01. The molecule has 0 radical (unpaired) electrons. The van der Waals surface area contributed by atoms with Gasteiger partial charge in [0.1, 0.15) is 11.8 Å². The fraction of sp³-hybridized carbons (Fsp3) is 0. The van der Waals surface area contributed by atoms with E-state index < -0.39 is 0 Å². The number of H-pyrrole nitrogens is 1. The number of rotatable bonds is 2. The van der Waals surface area contributed by atoms with Gasteiger partial charge in [0.2, 0.25) is 0 Å². The third-order valence-corrected chi connectivity index (χ3v) is 3.52. The summed E-state index contributed by atoms with van der Waals surface area (Å²) in [7, 11) is 0. The minimum absolute atomic E-state index is 0.387. The minimum atomic E-state index is 0.387. The molecule has 3 rings (SSSR count). The number of aromatic nitrogens is 3. The Hall–Kier alpha value is -2.45. The van der Waals surface area contributed by atoms with Crippen LogP contribution in [0.2, 0.25) is 0 Å². The Labute approximate surface area is 108 Å². The monoisotopic (exact) mass is 252 g/mol. The van der Waals surface area contributed by atoms with Gasteiger partial charge >= 0.3 is 0 Å². The van der Waals surface area contributed by atoms with Gasteiger partial charge in [-0.05, 0) is 23.1 Å². The van der Waals surface area contributed by atoms with Crippen LogP contribution in [-0.4, -0.2) is 15.4 Å². The van der Waals surface area contributed by atoms with Crippen molar-refractivity contribution < 1.29 is 0 Å². The van der Waals surface area contributed by atoms with Crippen molar-refractivity contribution in [3.8, 4) is 27.8 Å². The molecule has 0 bridgehead atoms. The molecule has 0 aliphatic rings. The maximum absolute atomic E-state index is 8.96. The van der Waals surface area contributed by atoms with Crippen LogP contribution in [0.15, 0.2) is 41.8 Å². The molecule has 18 heavy (non-hydrogen) atoms. The first-order valence-corrected chi connectivity index (χ1v) is 6.22. The molecule has 0 saturated carbocycles. The average molecular weight is 252 g/mol. The number of hydrogen-bond acceptors (Lipinski definition) is 4. The maximum atomic E-state index is 8.96. The molecule has 0 amide bonds. The first-order valence-electron chi connectivity index (χ1n) is 5.34. The van der Waals surface area contributed by atoms with Gasteiger partial charge in [-0.25, -0.2) is 5.10 Å². The topological polar surface area (TPSA) is 65.4 Å². The van der Waals surface area contributed by atoms with Crippen molar-refractivity contribution in [1.29, 1.82) is 5.26 Å². The zero-order valence-electron chi connectivity index (χ0n) is 9.29. The molecule has 1 aromatic carbocycles. The van der Waals surface area contributed by atoms with Crippen molar-refractivity contribution in [1.82, 2.24) is 15.4 Å². The molecule has 0 spiro atoms. The van der Waals surface area contributed by atoms with Crippen LogP contribution in [0.3, 0.4) is 0 Å². The van der Waals surface area contributed by atoms with Gasteiger partial charge in [0.15, 0.2) is 5.69 Å². The number of hydrogen-bond donors (Lipinski definition) is 1. The molecule has 5 heteroatoms. The van der Waals surface area contributed by atoms with E-state index in [1.807, 2.05) is 35.7 Å². The van der Waals surface area contributed by atoms with Crippen LogP contribution >= 0.6 is 11.3 Å². The van der Waals surface area contributed by atoms with Crippen molar-refractivity contribution in [3.63, 3.8) is 0 Å². The summed E-state index contributed by atoms with van der Waals surface area (Å²) in [5.74, 6) is 0. The summed E-state index contributed by atoms with van der Waals surface area (Å²) < 4.78 is 0. The van der Waals surface area contributed by atoms with E-state index in [0.29, 0.717) is 11.4 Å². The van der Waals surface area contributed by atoms with Crippen LogP contribution < -0.4 is 0 Å². The van der Waals surface area contributed by atoms with Gasteiger partial charge in [-0.3, -0.25) is 0 Å². The van der Waals surface area contributed by atoms with E-state index >= 15 is 0 Å². The van der Waals surface area contributed by atoms with E-state index in [-0.39, 0.29) is 0 Å². The average Bonchev–Trinajstić information content (AvgIpc) is 3.10. The molecule has 0 unspecified atom stereocenters. The van der Waals surface area contributed by atoms with E-state index in [0.717, 1.165) is 11.1 Å². The summed E-state index contributed by atoms with van der Waals surface area (Å²) in [6.07, 6.45) is 0. The molecule has 2 aromatic heterocycles. The van der Waals surface area contributed by atoms with Crippen LogP contribution in [0.4, 0.5) is 0 Å².